The predicted octanol–water partition coefficient (Wildman–Crippen LogP) is 1.59. The molecule has 0 aromatic carbocycles. The first kappa shape index (κ1) is 17.6. The summed E-state index contributed by atoms with van der Waals surface area (Å²) in [5.74, 6) is 1.15. The molecule has 2 fully saturated rings. The van der Waals surface area contributed by atoms with Crippen LogP contribution >= 0.6 is 0 Å². The van der Waals surface area contributed by atoms with Gasteiger partial charge in [-0.3, -0.25) is 9.89 Å². The number of nitrogens with zero attached hydrogens (tertiary/aromatic N) is 4. The van der Waals surface area contributed by atoms with Gasteiger partial charge in [-0.15, -0.1) is 0 Å². The van der Waals surface area contributed by atoms with Crippen LogP contribution in [0, 0.1) is 0 Å². The Bertz CT molecular complexity index is 860. The minimum atomic E-state index is -0.0666. The van der Waals surface area contributed by atoms with Gasteiger partial charge in [-0.05, 0) is 44.6 Å². The van der Waals surface area contributed by atoms with E-state index >= 15 is 0 Å². The Labute approximate surface area is 164 Å². The van der Waals surface area contributed by atoms with E-state index in [-0.39, 0.29) is 11.9 Å². The van der Waals surface area contributed by atoms with Gasteiger partial charge in [0.2, 0.25) is 5.95 Å². The van der Waals surface area contributed by atoms with E-state index in [1.807, 2.05) is 12.3 Å². The fraction of sp³-hybridized carbons (Fsp3) is 0.600. The Hall–Kier alpha value is -2.48. The van der Waals surface area contributed by atoms with E-state index in [0.717, 1.165) is 87.7 Å². The van der Waals surface area contributed by atoms with Crippen molar-refractivity contribution in [2.45, 2.75) is 50.5 Å². The highest BCUT2D eigenvalue weighted by Crippen LogP contribution is 2.27. The molecule has 0 bridgehead atoms. The molecule has 2 N–H and O–H groups in total. The fourth-order valence-electron chi connectivity index (χ4n) is 4.56. The summed E-state index contributed by atoms with van der Waals surface area (Å²) in [4.78, 5) is 24.1. The maximum atomic E-state index is 12.7. The molecule has 1 unspecified atom stereocenters. The third-order valence-electron chi connectivity index (χ3n) is 6.13. The summed E-state index contributed by atoms with van der Waals surface area (Å²) in [5, 5.41) is 10.4. The van der Waals surface area contributed by atoms with Crippen molar-refractivity contribution in [2.75, 3.05) is 31.2 Å². The number of aromatic amines is 1. The van der Waals surface area contributed by atoms with Crippen LogP contribution in [0.1, 0.15) is 59.0 Å². The lowest BCUT2D eigenvalue weighted by Crippen LogP contribution is -2.38. The number of fused-ring (bicyclic) bond motifs is 1. The number of hydrogen-bond acceptors (Lipinski definition) is 6. The van der Waals surface area contributed by atoms with Crippen LogP contribution in [0.15, 0.2) is 12.3 Å². The molecule has 148 valence electrons. The van der Waals surface area contributed by atoms with Gasteiger partial charge in [0.15, 0.2) is 5.69 Å². The zero-order chi connectivity index (χ0) is 18.9. The number of amides is 1. The number of carbonyl (C=O) groups is 1. The SMILES string of the molecule is O=C(NC1CCN(c2nccc(C3CCOCC3)n2)C1)c1n[nH]c2c1CCC2. The Balaban J connectivity index is 1.23. The van der Waals surface area contributed by atoms with E-state index in [4.69, 9.17) is 9.72 Å². The molecule has 2 aliphatic heterocycles. The normalized spacial score (nSPS) is 22.4. The van der Waals surface area contributed by atoms with Crippen molar-refractivity contribution in [1.82, 2.24) is 25.5 Å². The first-order valence-corrected chi connectivity index (χ1v) is 10.3. The first-order chi connectivity index (χ1) is 13.8. The van der Waals surface area contributed by atoms with E-state index in [2.05, 4.69) is 25.4 Å². The number of rotatable bonds is 4. The monoisotopic (exact) mass is 382 g/mol. The van der Waals surface area contributed by atoms with Gasteiger partial charge in [-0.25, -0.2) is 9.97 Å². The van der Waals surface area contributed by atoms with Crippen molar-refractivity contribution >= 4 is 11.9 Å². The molecule has 1 atom stereocenters. The minimum Gasteiger partial charge on any atom is -0.381 e. The standard InChI is InChI=1S/C20H26N6O2/c27-19(18-15-2-1-3-17(15)24-25-18)22-14-5-9-26(12-14)20-21-8-4-16(23-20)13-6-10-28-11-7-13/h4,8,13-14H,1-3,5-7,9-12H2,(H,22,27)(H,24,25). The lowest BCUT2D eigenvalue weighted by Gasteiger charge is -2.23. The number of nitrogens with one attached hydrogen (secondary N) is 2. The number of H-pyrrole nitrogens is 1. The van der Waals surface area contributed by atoms with Gasteiger partial charge in [-0.2, -0.15) is 5.10 Å². The van der Waals surface area contributed by atoms with Crippen LogP contribution in [-0.4, -0.2) is 58.4 Å². The molecule has 4 heterocycles. The lowest BCUT2D eigenvalue weighted by molar-refractivity contribution is 0.0845. The topological polar surface area (TPSA) is 96.0 Å². The van der Waals surface area contributed by atoms with E-state index in [9.17, 15) is 4.79 Å². The van der Waals surface area contributed by atoms with E-state index in [1.165, 1.54) is 0 Å². The molecule has 8 nitrogen and oxygen atoms in total. The zero-order valence-corrected chi connectivity index (χ0v) is 16.0. The fourth-order valence-corrected chi connectivity index (χ4v) is 4.56. The lowest BCUT2D eigenvalue weighted by atomic mass is 9.96. The van der Waals surface area contributed by atoms with Gasteiger partial charge < -0.3 is 15.0 Å². The summed E-state index contributed by atoms with van der Waals surface area (Å²) in [5.41, 5.74) is 3.90. The van der Waals surface area contributed by atoms with Gasteiger partial charge in [0, 0.05) is 61.4 Å². The number of aryl methyl sites for hydroxylation is 1. The Morgan fingerprint density at radius 3 is 3.04 bits per heavy atom. The molecular formula is C20H26N6O2. The first-order valence-electron chi connectivity index (χ1n) is 10.3. The third kappa shape index (κ3) is 3.37. The van der Waals surface area contributed by atoms with E-state index in [1.54, 1.807) is 0 Å². The largest absolute Gasteiger partial charge is 0.381 e. The van der Waals surface area contributed by atoms with Crippen molar-refractivity contribution in [3.05, 3.63) is 34.9 Å². The summed E-state index contributed by atoms with van der Waals surface area (Å²) in [7, 11) is 0. The van der Waals surface area contributed by atoms with Crippen LogP contribution in [0.4, 0.5) is 5.95 Å². The Morgan fingerprint density at radius 1 is 1.25 bits per heavy atom. The maximum absolute atomic E-state index is 12.7. The molecule has 0 spiro atoms. The summed E-state index contributed by atoms with van der Waals surface area (Å²) in [6, 6.07) is 2.11. The second-order valence-corrected chi connectivity index (χ2v) is 7.96. The second kappa shape index (κ2) is 7.50. The van der Waals surface area contributed by atoms with Crippen molar-refractivity contribution < 1.29 is 9.53 Å². The predicted molar refractivity (Wildman–Crippen MR) is 104 cm³/mol. The van der Waals surface area contributed by atoms with Gasteiger partial charge in [0.05, 0.1) is 0 Å². The highest BCUT2D eigenvalue weighted by atomic mass is 16.5. The average Bonchev–Trinajstić information content (AvgIpc) is 3.46. The van der Waals surface area contributed by atoms with Crippen LogP contribution in [0.3, 0.4) is 0 Å². The van der Waals surface area contributed by atoms with Gasteiger partial charge in [0.1, 0.15) is 0 Å². The molecule has 1 aliphatic carbocycles. The maximum Gasteiger partial charge on any atom is 0.272 e. The summed E-state index contributed by atoms with van der Waals surface area (Å²) < 4.78 is 5.46. The molecule has 0 saturated carbocycles. The summed E-state index contributed by atoms with van der Waals surface area (Å²) >= 11 is 0. The average molecular weight is 382 g/mol. The molecule has 2 saturated heterocycles. The highest BCUT2D eigenvalue weighted by molar-refractivity contribution is 5.94. The minimum absolute atomic E-state index is 0.0666. The zero-order valence-electron chi connectivity index (χ0n) is 16.0. The third-order valence-corrected chi connectivity index (χ3v) is 6.13. The number of anilines is 1. The Morgan fingerprint density at radius 2 is 2.14 bits per heavy atom. The molecule has 3 aliphatic rings. The smallest absolute Gasteiger partial charge is 0.272 e. The Kier molecular flexibility index (Phi) is 4.72. The van der Waals surface area contributed by atoms with Crippen molar-refractivity contribution in [3.63, 3.8) is 0 Å². The highest BCUT2D eigenvalue weighted by Gasteiger charge is 2.29. The van der Waals surface area contributed by atoms with E-state index < -0.39 is 0 Å². The number of carbonyl (C=O) groups excluding carboxylic acids is 1. The number of aromatic nitrogens is 4. The van der Waals surface area contributed by atoms with Gasteiger partial charge >= 0.3 is 0 Å². The molecule has 2 aromatic rings. The second-order valence-electron chi connectivity index (χ2n) is 7.96. The van der Waals surface area contributed by atoms with Crippen LogP contribution in [-0.2, 0) is 17.6 Å². The molecule has 2 aromatic heterocycles. The van der Waals surface area contributed by atoms with Crippen molar-refractivity contribution in [1.29, 1.82) is 0 Å². The van der Waals surface area contributed by atoms with Crippen LogP contribution in [0.2, 0.25) is 0 Å². The van der Waals surface area contributed by atoms with Crippen molar-refractivity contribution in [2.24, 2.45) is 0 Å². The van der Waals surface area contributed by atoms with Crippen LogP contribution in [0.25, 0.3) is 0 Å². The number of hydrogen-bond donors (Lipinski definition) is 2. The van der Waals surface area contributed by atoms with Crippen LogP contribution < -0.4 is 10.2 Å². The molecule has 5 rings (SSSR count). The molecule has 1 amide bonds. The van der Waals surface area contributed by atoms with Crippen molar-refractivity contribution in [3.8, 4) is 0 Å². The summed E-state index contributed by atoms with van der Waals surface area (Å²) in [6.45, 7) is 3.19. The summed E-state index contributed by atoms with van der Waals surface area (Å²) in [6.07, 6.45) is 7.81. The van der Waals surface area contributed by atoms with Gasteiger partial charge in [0.25, 0.3) is 5.91 Å². The van der Waals surface area contributed by atoms with E-state index in [0.29, 0.717) is 11.6 Å². The quantitative estimate of drug-likeness (QED) is 0.834. The molecule has 8 heteroatoms. The van der Waals surface area contributed by atoms with Crippen LogP contribution in [0.5, 0.6) is 0 Å². The molecular weight excluding hydrogens is 356 g/mol. The number of ether oxygens (including phenoxy) is 1. The molecule has 28 heavy (non-hydrogen) atoms. The molecule has 0 radical (unpaired) electrons. The van der Waals surface area contributed by atoms with Gasteiger partial charge in [-0.1, -0.05) is 0 Å².